The Morgan fingerprint density at radius 3 is 0.896 bits per heavy atom. The molecule has 0 aromatic rings. The van der Waals surface area contributed by atoms with Crippen LogP contribution in [0.3, 0.4) is 0 Å². The molecule has 0 aromatic heterocycles. The molecule has 0 aromatic carbocycles. The van der Waals surface area contributed by atoms with Crippen LogP contribution >= 0.6 is 15.6 Å². The Hall–Kier alpha value is -3.50. The number of rotatable bonds is 72. The van der Waals surface area contributed by atoms with Gasteiger partial charge in [-0.15, -0.1) is 0 Å². The molecule has 0 aliphatic heterocycles. The Bertz CT molecular complexity index is 2110. The van der Waals surface area contributed by atoms with Gasteiger partial charge in [-0.1, -0.05) is 274 Å². The fourth-order valence-corrected chi connectivity index (χ4v) is 11.9. The molecule has 0 rings (SSSR count). The zero-order valence-electron chi connectivity index (χ0n) is 60.8. The lowest BCUT2D eigenvalue weighted by atomic mass is 10.0. The third-order valence-electron chi connectivity index (χ3n) is 16.1. The first-order chi connectivity index (χ1) is 46.7. The van der Waals surface area contributed by atoms with E-state index < -0.39 is 97.5 Å². The lowest BCUT2D eigenvalue weighted by Crippen LogP contribution is -2.30. The predicted octanol–water partition coefficient (Wildman–Crippen LogP) is 21.7. The Morgan fingerprint density at radius 2 is 0.562 bits per heavy atom. The molecule has 0 aliphatic carbocycles. The summed E-state index contributed by atoms with van der Waals surface area (Å²) in [7, 11) is -9.94. The molecule has 17 nitrogen and oxygen atoms in total. The highest BCUT2D eigenvalue weighted by Gasteiger charge is 2.30. The van der Waals surface area contributed by atoms with E-state index in [1.807, 2.05) is 0 Å². The zero-order chi connectivity index (χ0) is 70.4. The Morgan fingerprint density at radius 1 is 0.302 bits per heavy atom. The maximum absolute atomic E-state index is 13.1. The molecule has 0 heterocycles. The quantitative estimate of drug-likeness (QED) is 0.0169. The van der Waals surface area contributed by atoms with Crippen molar-refractivity contribution in [2.45, 2.75) is 354 Å². The molecule has 0 bridgehead atoms. The van der Waals surface area contributed by atoms with E-state index in [0.29, 0.717) is 25.7 Å². The van der Waals surface area contributed by atoms with Crippen LogP contribution in [0, 0.1) is 0 Å². The van der Waals surface area contributed by atoms with Crippen LogP contribution in [-0.4, -0.2) is 96.7 Å². The first kappa shape index (κ1) is 92.5. The van der Waals surface area contributed by atoms with E-state index in [1.165, 1.54) is 77.0 Å². The number of phosphoric ester groups is 2. The van der Waals surface area contributed by atoms with Gasteiger partial charge in [0.25, 0.3) is 0 Å². The molecule has 5 atom stereocenters. The number of esters is 4. The number of hydrogen-bond acceptors (Lipinski definition) is 15. The fourth-order valence-electron chi connectivity index (χ4n) is 10.3. The molecule has 0 amide bonds. The number of aliphatic hydroxyl groups is 1. The van der Waals surface area contributed by atoms with Crippen molar-refractivity contribution in [1.29, 1.82) is 0 Å². The molecule has 558 valence electrons. The van der Waals surface area contributed by atoms with Crippen molar-refractivity contribution in [3.05, 3.63) is 72.9 Å². The second-order valence-corrected chi connectivity index (χ2v) is 28.5. The number of ether oxygens (including phenoxy) is 4. The van der Waals surface area contributed by atoms with Gasteiger partial charge in [0.15, 0.2) is 12.2 Å². The summed E-state index contributed by atoms with van der Waals surface area (Å²) in [5.41, 5.74) is 0. The maximum Gasteiger partial charge on any atom is 0.472 e. The second-order valence-electron chi connectivity index (χ2n) is 25.6. The van der Waals surface area contributed by atoms with Crippen LogP contribution in [0.15, 0.2) is 72.9 Å². The Labute approximate surface area is 583 Å². The van der Waals surface area contributed by atoms with Gasteiger partial charge in [0, 0.05) is 25.7 Å². The number of phosphoric acid groups is 2. The molecule has 5 unspecified atom stereocenters. The van der Waals surface area contributed by atoms with Crippen LogP contribution in [0.2, 0.25) is 0 Å². The number of carbonyl (C=O) groups excluding carboxylic acids is 4. The smallest absolute Gasteiger partial charge is 0.462 e. The van der Waals surface area contributed by atoms with Crippen molar-refractivity contribution in [3.8, 4) is 0 Å². The summed E-state index contributed by atoms with van der Waals surface area (Å²) in [4.78, 5) is 72.8. The van der Waals surface area contributed by atoms with Gasteiger partial charge in [0.2, 0.25) is 0 Å². The molecule has 96 heavy (non-hydrogen) atoms. The van der Waals surface area contributed by atoms with Gasteiger partial charge >= 0.3 is 39.5 Å². The highest BCUT2D eigenvalue weighted by atomic mass is 31.2. The molecule has 0 spiro atoms. The summed E-state index contributed by atoms with van der Waals surface area (Å²) in [6.45, 7) is 4.69. The summed E-state index contributed by atoms with van der Waals surface area (Å²) in [6.07, 6.45) is 68.9. The van der Waals surface area contributed by atoms with E-state index >= 15 is 0 Å². The third kappa shape index (κ3) is 69.0. The summed E-state index contributed by atoms with van der Waals surface area (Å²) in [5.74, 6) is -2.19. The number of carbonyl (C=O) groups is 4. The Balaban J connectivity index is 5.32. The minimum absolute atomic E-state index is 0.0850. The molecular formula is C77H138O17P2. The van der Waals surface area contributed by atoms with E-state index in [-0.39, 0.29) is 25.7 Å². The summed E-state index contributed by atoms with van der Waals surface area (Å²) in [6, 6.07) is 0. The van der Waals surface area contributed by atoms with E-state index in [2.05, 4.69) is 101 Å². The van der Waals surface area contributed by atoms with Crippen LogP contribution in [0.4, 0.5) is 0 Å². The van der Waals surface area contributed by atoms with E-state index in [1.54, 1.807) is 0 Å². The van der Waals surface area contributed by atoms with Crippen LogP contribution < -0.4 is 0 Å². The van der Waals surface area contributed by atoms with Crippen LogP contribution in [0.1, 0.15) is 336 Å². The number of aliphatic hydroxyl groups excluding tert-OH is 1. The Kier molecular flexibility index (Phi) is 67.4. The van der Waals surface area contributed by atoms with Crippen LogP contribution in [-0.2, 0) is 65.4 Å². The van der Waals surface area contributed by atoms with Gasteiger partial charge in [-0.05, 0) is 109 Å². The van der Waals surface area contributed by atoms with Crippen molar-refractivity contribution in [2.24, 2.45) is 0 Å². The molecule has 0 fully saturated rings. The van der Waals surface area contributed by atoms with Gasteiger partial charge in [0.1, 0.15) is 19.3 Å². The van der Waals surface area contributed by atoms with Gasteiger partial charge in [-0.3, -0.25) is 37.3 Å². The normalized spacial score (nSPS) is 14.4. The predicted molar refractivity (Wildman–Crippen MR) is 390 cm³/mol. The van der Waals surface area contributed by atoms with E-state index in [9.17, 15) is 43.2 Å². The van der Waals surface area contributed by atoms with Crippen molar-refractivity contribution in [2.75, 3.05) is 39.6 Å². The zero-order valence-corrected chi connectivity index (χ0v) is 62.6. The van der Waals surface area contributed by atoms with Crippen LogP contribution in [0.5, 0.6) is 0 Å². The highest BCUT2D eigenvalue weighted by Crippen LogP contribution is 2.45. The van der Waals surface area contributed by atoms with Crippen molar-refractivity contribution < 1.29 is 80.2 Å². The van der Waals surface area contributed by atoms with E-state index in [4.69, 9.17) is 37.0 Å². The lowest BCUT2D eigenvalue weighted by molar-refractivity contribution is -0.161. The maximum atomic E-state index is 13.1. The molecule has 0 aliphatic rings. The summed E-state index contributed by atoms with van der Waals surface area (Å²) >= 11 is 0. The van der Waals surface area contributed by atoms with E-state index in [0.717, 1.165) is 180 Å². The SMILES string of the molecule is CC/C=C\C/C=C\C/C=C\CCCCCCCCCC(=O)OCC(COP(=O)(O)OCC(O)COP(=O)(O)OCC(COC(=O)CCCCCCC/C=C\C/C=C\CCC)OC(=O)CCCCCCCCCCCCCCC)OC(=O)CCCCCCC/C=C\CCCCCC. The third-order valence-corrected chi connectivity index (χ3v) is 18.0. The highest BCUT2D eigenvalue weighted by molar-refractivity contribution is 7.47. The van der Waals surface area contributed by atoms with Gasteiger partial charge < -0.3 is 33.8 Å². The molecule has 0 saturated carbocycles. The summed E-state index contributed by atoms with van der Waals surface area (Å²) in [5, 5.41) is 10.6. The van der Waals surface area contributed by atoms with Gasteiger partial charge in [-0.25, -0.2) is 9.13 Å². The van der Waals surface area contributed by atoms with Gasteiger partial charge in [-0.2, -0.15) is 0 Å². The average Bonchev–Trinajstić information content (AvgIpc) is 3.12. The fraction of sp³-hybridized carbons (Fsp3) is 0.792. The number of unbranched alkanes of at least 4 members (excludes halogenated alkanes) is 34. The average molecular weight is 1400 g/mol. The second kappa shape index (κ2) is 70.0. The monoisotopic (exact) mass is 1400 g/mol. The largest absolute Gasteiger partial charge is 0.472 e. The minimum atomic E-state index is -4.97. The molecule has 0 radical (unpaired) electrons. The first-order valence-corrected chi connectivity index (χ1v) is 41.2. The van der Waals surface area contributed by atoms with Crippen molar-refractivity contribution in [3.63, 3.8) is 0 Å². The van der Waals surface area contributed by atoms with Gasteiger partial charge in [0.05, 0.1) is 26.4 Å². The summed E-state index contributed by atoms with van der Waals surface area (Å²) < 4.78 is 68.4. The molecule has 3 N–H and O–H groups in total. The number of hydrogen-bond donors (Lipinski definition) is 3. The lowest BCUT2D eigenvalue weighted by Gasteiger charge is -2.21. The standard InChI is InChI=1S/C77H138O17P2/c1-5-9-13-17-21-25-29-33-34-35-36-40-42-46-50-54-58-62-75(80)88-68-73(94-77(82)64-60-56-52-48-44-39-32-28-24-20-16-12-8-4)70-92-96(85,86)90-66-71(78)65-89-95(83,84)91-69-72(93-76(81)63-59-55-51-47-43-38-31-27-23-19-15-11-7-3)67-87-74(79)61-57-53-49-45-41-37-30-26-22-18-14-10-6-2/h9,13-14,18,21,25-26,28,30,32-34,71-73,78H,5-8,10-12,15-17,19-20,22-24,27,29,31,35-70H2,1-4H3,(H,83,84)(H,85,86)/b13-9-,18-14-,25-21-,30-26-,32-28-,34-33-. The molecule has 0 saturated heterocycles. The molecule has 19 heteroatoms. The number of allylic oxidation sites excluding steroid dienone is 12. The first-order valence-electron chi connectivity index (χ1n) is 38.2. The minimum Gasteiger partial charge on any atom is -0.462 e. The van der Waals surface area contributed by atoms with Crippen molar-refractivity contribution >= 4 is 39.5 Å². The topological polar surface area (TPSA) is 237 Å². The van der Waals surface area contributed by atoms with Crippen molar-refractivity contribution in [1.82, 2.24) is 0 Å². The van der Waals surface area contributed by atoms with Crippen LogP contribution in [0.25, 0.3) is 0 Å². The molecular weight excluding hydrogens is 1260 g/mol.